The van der Waals surface area contributed by atoms with Crippen molar-refractivity contribution in [2.24, 2.45) is 0 Å². The minimum atomic E-state index is -3.13. The molecule has 0 bridgehead atoms. The van der Waals surface area contributed by atoms with Crippen LogP contribution in [0.5, 0.6) is 0 Å². The van der Waals surface area contributed by atoms with Crippen molar-refractivity contribution < 1.29 is 8.42 Å². The lowest BCUT2D eigenvalue weighted by molar-refractivity contribution is 0.559. The molecule has 0 amide bonds. The van der Waals surface area contributed by atoms with Crippen molar-refractivity contribution in [2.45, 2.75) is 31.9 Å². The highest BCUT2D eigenvalue weighted by atomic mass is 32.2. The van der Waals surface area contributed by atoms with Crippen LogP contribution in [0.2, 0.25) is 0 Å². The molecular weight excluding hydrogens is 294 g/mol. The molecule has 0 spiro atoms. The molecule has 2 aromatic heterocycles. The topological polar surface area (TPSA) is 72.0 Å². The summed E-state index contributed by atoms with van der Waals surface area (Å²) in [7, 11) is -3.13. The molecule has 1 N–H and O–H groups in total. The lowest BCUT2D eigenvalue weighted by Gasteiger charge is -2.23. The van der Waals surface area contributed by atoms with Crippen LogP contribution < -0.4 is 5.32 Å². The van der Waals surface area contributed by atoms with Gasteiger partial charge in [-0.25, -0.2) is 18.4 Å². The van der Waals surface area contributed by atoms with E-state index in [-0.39, 0.29) is 0 Å². The number of sulfone groups is 1. The van der Waals surface area contributed by atoms with Gasteiger partial charge in [-0.05, 0) is 25.3 Å². The van der Waals surface area contributed by atoms with Crippen LogP contribution >= 0.6 is 11.3 Å². The van der Waals surface area contributed by atoms with E-state index in [1.54, 1.807) is 25.2 Å². The summed E-state index contributed by atoms with van der Waals surface area (Å²) in [5.74, 6) is 1.48. The van der Waals surface area contributed by atoms with Gasteiger partial charge in [-0.15, -0.1) is 11.3 Å². The van der Waals surface area contributed by atoms with Crippen LogP contribution in [0.15, 0.2) is 11.4 Å². The van der Waals surface area contributed by atoms with Crippen molar-refractivity contribution in [2.75, 3.05) is 18.1 Å². The van der Waals surface area contributed by atoms with E-state index in [0.29, 0.717) is 12.4 Å². The summed E-state index contributed by atoms with van der Waals surface area (Å²) in [5, 5.41) is 6.08. The van der Waals surface area contributed by atoms with Crippen molar-refractivity contribution in [1.82, 2.24) is 9.97 Å². The number of fused-ring (bicyclic) bond motifs is 1. The first-order chi connectivity index (χ1) is 9.24. The Morgan fingerprint density at radius 2 is 2.05 bits per heavy atom. The Labute approximate surface area is 123 Å². The van der Waals surface area contributed by atoms with E-state index in [9.17, 15) is 8.42 Å². The van der Waals surface area contributed by atoms with Gasteiger partial charge in [-0.3, -0.25) is 0 Å². The fraction of sp³-hybridized carbons (Fsp3) is 0.538. The van der Waals surface area contributed by atoms with Gasteiger partial charge < -0.3 is 5.32 Å². The molecule has 2 heterocycles. The second-order valence-electron chi connectivity index (χ2n) is 5.37. The number of rotatable bonds is 5. The normalized spacial score (nSPS) is 12.8. The van der Waals surface area contributed by atoms with Crippen molar-refractivity contribution >= 4 is 37.2 Å². The number of aryl methyl sites for hydroxylation is 1. The summed E-state index contributed by atoms with van der Waals surface area (Å²) < 4.78 is 22.6. The molecule has 0 atom stereocenters. The second-order valence-corrected chi connectivity index (χ2v) is 8.91. The van der Waals surface area contributed by atoms with Gasteiger partial charge in [-0.2, -0.15) is 0 Å². The molecule has 2 aromatic rings. The van der Waals surface area contributed by atoms with E-state index in [1.807, 2.05) is 18.4 Å². The molecule has 2 rings (SSSR count). The zero-order chi connectivity index (χ0) is 15.0. The third-order valence-electron chi connectivity index (χ3n) is 3.37. The minimum Gasteiger partial charge on any atom is -0.368 e. The Bertz CT molecular complexity index is 720. The van der Waals surface area contributed by atoms with Crippen LogP contribution in [0.1, 0.15) is 26.6 Å². The molecule has 0 unspecified atom stereocenters. The van der Waals surface area contributed by atoms with Gasteiger partial charge in [0.25, 0.3) is 0 Å². The zero-order valence-electron chi connectivity index (χ0n) is 12.1. The number of thiophene rings is 1. The number of aromatic nitrogens is 2. The summed E-state index contributed by atoms with van der Waals surface area (Å²) in [6, 6.07) is 1.95. The van der Waals surface area contributed by atoms with Crippen molar-refractivity contribution in [1.29, 1.82) is 0 Å². The third-order valence-corrected chi connectivity index (χ3v) is 6.33. The van der Waals surface area contributed by atoms with E-state index in [4.69, 9.17) is 0 Å². The standard InChI is InChI=1S/C13H19N3O2S2/c1-5-10-15-11(9-6-7-19-12(9)16-10)14-8-13(2,3)20(4,17)18/h6-7H,5,8H2,1-4H3,(H,14,15,16). The number of anilines is 1. The first-order valence-electron chi connectivity index (χ1n) is 6.42. The van der Waals surface area contributed by atoms with Crippen molar-refractivity contribution in [3.05, 3.63) is 17.3 Å². The fourth-order valence-corrected chi connectivity index (χ4v) is 2.74. The van der Waals surface area contributed by atoms with Gasteiger partial charge in [0.2, 0.25) is 0 Å². The monoisotopic (exact) mass is 313 g/mol. The molecule has 0 aromatic carbocycles. The van der Waals surface area contributed by atoms with Gasteiger partial charge in [0.15, 0.2) is 9.84 Å². The van der Waals surface area contributed by atoms with Crippen molar-refractivity contribution in [3.63, 3.8) is 0 Å². The highest BCUT2D eigenvalue weighted by Crippen LogP contribution is 2.26. The third kappa shape index (κ3) is 2.93. The second kappa shape index (κ2) is 5.29. The first kappa shape index (κ1) is 15.2. The maximum atomic E-state index is 11.7. The quantitative estimate of drug-likeness (QED) is 0.918. The lowest BCUT2D eigenvalue weighted by Crippen LogP contribution is -2.38. The molecule has 0 saturated heterocycles. The summed E-state index contributed by atoms with van der Waals surface area (Å²) in [6.45, 7) is 5.74. The summed E-state index contributed by atoms with van der Waals surface area (Å²) in [5.41, 5.74) is 0. The van der Waals surface area contributed by atoms with Gasteiger partial charge in [0.1, 0.15) is 16.5 Å². The largest absolute Gasteiger partial charge is 0.368 e. The molecule has 0 radical (unpaired) electrons. The zero-order valence-corrected chi connectivity index (χ0v) is 13.7. The summed E-state index contributed by atoms with van der Waals surface area (Å²) in [6.07, 6.45) is 2.00. The highest BCUT2D eigenvalue weighted by Gasteiger charge is 2.30. The van der Waals surface area contributed by atoms with E-state index in [0.717, 1.165) is 22.5 Å². The molecule has 5 nitrogen and oxygen atoms in total. The molecule has 0 aliphatic rings. The first-order valence-corrected chi connectivity index (χ1v) is 9.19. The number of hydrogen-bond donors (Lipinski definition) is 1. The molecule has 0 aliphatic heterocycles. The number of nitrogens with zero attached hydrogens (tertiary/aromatic N) is 2. The van der Waals surface area contributed by atoms with Gasteiger partial charge in [0.05, 0.1) is 10.1 Å². The summed E-state index contributed by atoms with van der Waals surface area (Å²) >= 11 is 1.56. The van der Waals surface area contributed by atoms with Crippen LogP contribution in [-0.2, 0) is 16.3 Å². The number of hydrogen-bond acceptors (Lipinski definition) is 6. The van der Waals surface area contributed by atoms with E-state index >= 15 is 0 Å². The average molecular weight is 313 g/mol. The van der Waals surface area contributed by atoms with E-state index < -0.39 is 14.6 Å². The Hall–Kier alpha value is -1.21. The van der Waals surface area contributed by atoms with E-state index in [1.165, 1.54) is 6.26 Å². The molecule has 0 aliphatic carbocycles. The molecule has 110 valence electrons. The van der Waals surface area contributed by atoms with Crippen molar-refractivity contribution in [3.8, 4) is 0 Å². The SMILES string of the molecule is CCc1nc(NCC(C)(C)S(C)(=O)=O)c2ccsc2n1. The predicted molar refractivity (Wildman–Crippen MR) is 84.2 cm³/mol. The van der Waals surface area contributed by atoms with Gasteiger partial charge in [0, 0.05) is 19.2 Å². The molecular formula is C13H19N3O2S2. The fourth-order valence-electron chi connectivity index (χ4n) is 1.62. The van der Waals surface area contributed by atoms with Gasteiger partial charge >= 0.3 is 0 Å². The minimum absolute atomic E-state index is 0.316. The summed E-state index contributed by atoms with van der Waals surface area (Å²) in [4.78, 5) is 9.85. The maximum absolute atomic E-state index is 11.7. The average Bonchev–Trinajstić information content (AvgIpc) is 2.82. The molecule has 7 heteroatoms. The Morgan fingerprint density at radius 1 is 1.35 bits per heavy atom. The van der Waals surface area contributed by atoms with Crippen LogP contribution in [0.25, 0.3) is 10.2 Å². The van der Waals surface area contributed by atoms with E-state index in [2.05, 4.69) is 15.3 Å². The Morgan fingerprint density at radius 3 is 2.65 bits per heavy atom. The number of nitrogens with one attached hydrogen (secondary N) is 1. The molecule has 20 heavy (non-hydrogen) atoms. The maximum Gasteiger partial charge on any atom is 0.154 e. The Balaban J connectivity index is 2.32. The molecule has 0 saturated carbocycles. The van der Waals surface area contributed by atoms with Crippen LogP contribution in [0.3, 0.4) is 0 Å². The predicted octanol–water partition coefficient (Wildman–Crippen LogP) is 2.49. The van der Waals surface area contributed by atoms with Crippen LogP contribution in [0, 0.1) is 0 Å². The van der Waals surface area contributed by atoms with Crippen LogP contribution in [-0.4, -0.2) is 35.9 Å². The smallest absolute Gasteiger partial charge is 0.154 e. The highest BCUT2D eigenvalue weighted by molar-refractivity contribution is 7.92. The lowest BCUT2D eigenvalue weighted by atomic mass is 10.2. The molecule has 0 fully saturated rings. The Kier molecular flexibility index (Phi) is 4.02. The van der Waals surface area contributed by atoms with Crippen LogP contribution in [0.4, 0.5) is 5.82 Å². The van der Waals surface area contributed by atoms with Gasteiger partial charge in [-0.1, -0.05) is 6.92 Å².